The molecule has 0 saturated heterocycles. The van der Waals surface area contributed by atoms with Gasteiger partial charge in [-0.15, -0.1) is 11.8 Å². The highest BCUT2D eigenvalue weighted by atomic mass is 32.2. The van der Waals surface area contributed by atoms with Crippen LogP contribution >= 0.6 is 11.8 Å². The molecule has 0 radical (unpaired) electrons. The Hall–Kier alpha value is -1.82. The quantitative estimate of drug-likeness (QED) is 0.794. The Morgan fingerprint density at radius 1 is 1.38 bits per heavy atom. The minimum Gasteiger partial charge on any atom is -0.339 e. The highest BCUT2D eigenvalue weighted by Gasteiger charge is 2.18. The lowest BCUT2D eigenvalue weighted by molar-refractivity contribution is 0.0777. The topological polar surface area (TPSA) is 59.2 Å². The molecule has 1 aromatic heterocycles. The number of amides is 1. The predicted octanol–water partition coefficient (Wildman–Crippen LogP) is 3.19. The van der Waals surface area contributed by atoms with E-state index in [1.165, 1.54) is 0 Å². The first-order valence-corrected chi connectivity index (χ1v) is 7.96. The molecule has 2 aromatic rings. The van der Waals surface area contributed by atoms with Crippen LogP contribution in [0.1, 0.15) is 41.8 Å². The van der Waals surface area contributed by atoms with Crippen LogP contribution in [0.4, 0.5) is 0 Å². The van der Waals surface area contributed by atoms with Crippen LogP contribution in [-0.2, 0) is 6.54 Å². The van der Waals surface area contributed by atoms with E-state index in [1.54, 1.807) is 23.7 Å². The Bertz CT molecular complexity index is 625. The molecule has 0 fully saturated rings. The first-order chi connectivity index (χ1) is 10.0. The zero-order chi connectivity index (χ0) is 15.4. The zero-order valence-electron chi connectivity index (χ0n) is 12.7. The van der Waals surface area contributed by atoms with Gasteiger partial charge < -0.3 is 9.42 Å². The Morgan fingerprint density at radius 3 is 2.71 bits per heavy atom. The molecule has 1 heterocycles. The van der Waals surface area contributed by atoms with E-state index in [4.69, 9.17) is 4.52 Å². The summed E-state index contributed by atoms with van der Waals surface area (Å²) in [5.41, 5.74) is 0.695. The van der Waals surface area contributed by atoms with Crippen molar-refractivity contribution in [2.24, 2.45) is 0 Å². The maximum Gasteiger partial charge on any atom is 0.255 e. The Labute approximate surface area is 128 Å². The average molecular weight is 305 g/mol. The Morgan fingerprint density at radius 2 is 2.10 bits per heavy atom. The standard InChI is InChI=1S/C15H19N3O2S/c1-10(2)14-16-13(17-20-14)9-18(3)15(19)11-7-5-6-8-12(11)21-4/h5-8,10H,9H2,1-4H3. The summed E-state index contributed by atoms with van der Waals surface area (Å²) in [7, 11) is 1.74. The molecule has 0 aliphatic heterocycles. The van der Waals surface area contributed by atoms with Gasteiger partial charge in [0.25, 0.3) is 5.91 Å². The van der Waals surface area contributed by atoms with E-state index in [9.17, 15) is 4.79 Å². The van der Waals surface area contributed by atoms with Crippen molar-refractivity contribution in [3.63, 3.8) is 0 Å². The number of rotatable bonds is 5. The second kappa shape index (κ2) is 6.76. The van der Waals surface area contributed by atoms with Gasteiger partial charge in [-0.2, -0.15) is 4.98 Å². The molecule has 21 heavy (non-hydrogen) atoms. The molecule has 0 saturated carbocycles. The second-order valence-electron chi connectivity index (χ2n) is 5.07. The second-order valence-corrected chi connectivity index (χ2v) is 5.91. The third-order valence-electron chi connectivity index (χ3n) is 3.04. The average Bonchev–Trinajstić information content (AvgIpc) is 2.95. The maximum atomic E-state index is 12.5. The van der Waals surface area contributed by atoms with Crippen LogP contribution in [0.2, 0.25) is 0 Å². The van der Waals surface area contributed by atoms with Crippen molar-refractivity contribution in [3.8, 4) is 0 Å². The zero-order valence-corrected chi connectivity index (χ0v) is 13.5. The Balaban J connectivity index is 2.11. The largest absolute Gasteiger partial charge is 0.339 e. The van der Waals surface area contributed by atoms with E-state index in [2.05, 4.69) is 10.1 Å². The van der Waals surface area contributed by atoms with E-state index in [0.717, 1.165) is 4.90 Å². The van der Waals surface area contributed by atoms with E-state index < -0.39 is 0 Å². The molecule has 112 valence electrons. The minimum atomic E-state index is -0.0455. The van der Waals surface area contributed by atoms with Crippen molar-refractivity contribution < 1.29 is 9.32 Å². The van der Waals surface area contributed by atoms with Gasteiger partial charge in [-0.1, -0.05) is 31.1 Å². The van der Waals surface area contributed by atoms with Gasteiger partial charge in [0.2, 0.25) is 5.89 Å². The van der Waals surface area contributed by atoms with Crippen molar-refractivity contribution in [3.05, 3.63) is 41.5 Å². The van der Waals surface area contributed by atoms with Crippen molar-refractivity contribution in [1.29, 1.82) is 0 Å². The van der Waals surface area contributed by atoms with E-state index in [0.29, 0.717) is 23.8 Å². The van der Waals surface area contributed by atoms with Crippen LogP contribution in [0.3, 0.4) is 0 Å². The fraction of sp³-hybridized carbons (Fsp3) is 0.400. The van der Waals surface area contributed by atoms with E-state index in [-0.39, 0.29) is 11.8 Å². The summed E-state index contributed by atoms with van der Waals surface area (Å²) in [5.74, 6) is 1.26. The van der Waals surface area contributed by atoms with Crippen molar-refractivity contribution in [2.75, 3.05) is 13.3 Å². The molecule has 0 aliphatic rings. The van der Waals surface area contributed by atoms with Gasteiger partial charge in [-0.3, -0.25) is 4.79 Å². The number of carbonyl (C=O) groups is 1. The normalized spacial score (nSPS) is 10.9. The summed E-state index contributed by atoms with van der Waals surface area (Å²) in [5, 5.41) is 3.91. The smallest absolute Gasteiger partial charge is 0.255 e. The number of hydrogen-bond acceptors (Lipinski definition) is 5. The molecule has 2 rings (SSSR count). The van der Waals surface area contributed by atoms with Gasteiger partial charge >= 0.3 is 0 Å². The van der Waals surface area contributed by atoms with Gasteiger partial charge in [0.15, 0.2) is 5.82 Å². The van der Waals surface area contributed by atoms with Crippen LogP contribution in [-0.4, -0.2) is 34.3 Å². The molecule has 0 N–H and O–H groups in total. The van der Waals surface area contributed by atoms with Gasteiger partial charge in [-0.25, -0.2) is 0 Å². The lowest BCUT2D eigenvalue weighted by Crippen LogP contribution is -2.27. The van der Waals surface area contributed by atoms with E-state index in [1.807, 2.05) is 44.4 Å². The van der Waals surface area contributed by atoms with Crippen LogP contribution in [0.5, 0.6) is 0 Å². The summed E-state index contributed by atoms with van der Waals surface area (Å²) >= 11 is 1.56. The SMILES string of the molecule is CSc1ccccc1C(=O)N(C)Cc1noc(C(C)C)n1. The molecule has 0 bridgehead atoms. The number of benzene rings is 1. The summed E-state index contributed by atoms with van der Waals surface area (Å²) in [6, 6.07) is 7.57. The van der Waals surface area contributed by atoms with Gasteiger partial charge in [0.05, 0.1) is 12.1 Å². The fourth-order valence-corrected chi connectivity index (χ4v) is 2.47. The first kappa shape index (κ1) is 15.6. The van der Waals surface area contributed by atoms with Crippen molar-refractivity contribution in [1.82, 2.24) is 15.0 Å². The molecule has 0 atom stereocenters. The van der Waals surface area contributed by atoms with Gasteiger partial charge in [0.1, 0.15) is 0 Å². The summed E-state index contributed by atoms with van der Waals surface area (Å²) < 4.78 is 5.15. The number of carbonyl (C=O) groups excluding carboxylic acids is 1. The lowest BCUT2D eigenvalue weighted by Gasteiger charge is -2.16. The Kier molecular flexibility index (Phi) is 5.01. The highest BCUT2D eigenvalue weighted by Crippen LogP contribution is 2.21. The van der Waals surface area contributed by atoms with Gasteiger partial charge in [-0.05, 0) is 18.4 Å². The number of hydrogen-bond donors (Lipinski definition) is 0. The summed E-state index contributed by atoms with van der Waals surface area (Å²) in [6.45, 7) is 4.31. The van der Waals surface area contributed by atoms with Gasteiger partial charge in [0, 0.05) is 17.9 Å². The molecular weight excluding hydrogens is 286 g/mol. The molecule has 0 unspecified atom stereocenters. The minimum absolute atomic E-state index is 0.0455. The maximum absolute atomic E-state index is 12.5. The molecule has 0 spiro atoms. The highest BCUT2D eigenvalue weighted by molar-refractivity contribution is 7.98. The first-order valence-electron chi connectivity index (χ1n) is 6.74. The summed E-state index contributed by atoms with van der Waals surface area (Å²) in [6.07, 6.45) is 1.96. The van der Waals surface area contributed by atoms with Crippen LogP contribution < -0.4 is 0 Å². The van der Waals surface area contributed by atoms with Crippen LogP contribution in [0.25, 0.3) is 0 Å². The fourth-order valence-electron chi connectivity index (χ4n) is 1.88. The number of nitrogens with zero attached hydrogens (tertiary/aromatic N) is 3. The number of aromatic nitrogens is 2. The van der Waals surface area contributed by atoms with Crippen molar-refractivity contribution >= 4 is 17.7 Å². The third-order valence-corrected chi connectivity index (χ3v) is 3.84. The third kappa shape index (κ3) is 3.64. The molecule has 1 amide bonds. The lowest BCUT2D eigenvalue weighted by atomic mass is 10.2. The predicted molar refractivity (Wildman–Crippen MR) is 82.4 cm³/mol. The molecule has 0 aliphatic carbocycles. The van der Waals surface area contributed by atoms with Crippen molar-refractivity contribution in [2.45, 2.75) is 31.2 Å². The van der Waals surface area contributed by atoms with E-state index >= 15 is 0 Å². The molecular formula is C15H19N3O2S. The molecule has 5 nitrogen and oxygen atoms in total. The molecule has 6 heteroatoms. The monoisotopic (exact) mass is 305 g/mol. The number of thioether (sulfide) groups is 1. The van der Waals surface area contributed by atoms with Crippen LogP contribution in [0, 0.1) is 0 Å². The van der Waals surface area contributed by atoms with Crippen LogP contribution in [0.15, 0.2) is 33.7 Å². The summed E-state index contributed by atoms with van der Waals surface area (Å²) in [4.78, 5) is 19.4. The molecule has 1 aromatic carbocycles.